The molecule has 0 spiro atoms. The van der Waals surface area contributed by atoms with Crippen molar-refractivity contribution in [1.29, 1.82) is 5.26 Å². The van der Waals surface area contributed by atoms with Gasteiger partial charge in [-0.05, 0) is 30.7 Å². The van der Waals surface area contributed by atoms with E-state index in [2.05, 4.69) is 18.0 Å². The van der Waals surface area contributed by atoms with Crippen LogP contribution in [0.15, 0.2) is 34.4 Å². The molecule has 1 aliphatic rings. The number of nitrogens with zero attached hydrogens (tertiary/aromatic N) is 4. The van der Waals surface area contributed by atoms with Gasteiger partial charge in [0.15, 0.2) is 0 Å². The van der Waals surface area contributed by atoms with Gasteiger partial charge in [-0.2, -0.15) is 14.8 Å². The molecule has 4 nitrogen and oxygen atoms in total. The second kappa shape index (κ2) is 6.65. The maximum Gasteiger partial charge on any atom is 0.220 e. The largest absolute Gasteiger partial charge is 0.220 e. The molecule has 0 saturated heterocycles. The Morgan fingerprint density at radius 3 is 2.65 bits per heavy atom. The van der Waals surface area contributed by atoms with E-state index in [4.69, 9.17) is 22.0 Å². The molecule has 0 N–H and O–H groups in total. The molecule has 0 aromatic heterocycles. The van der Waals surface area contributed by atoms with E-state index in [1.54, 1.807) is 0 Å². The predicted octanol–water partition coefficient (Wildman–Crippen LogP) is 3.57. The van der Waals surface area contributed by atoms with Gasteiger partial charge < -0.3 is 0 Å². The number of nitriles is 1. The second-order valence-electron chi connectivity index (χ2n) is 4.87. The average Bonchev–Trinajstić information content (AvgIpc) is 2.89. The molecule has 2 rings (SSSR count). The lowest BCUT2D eigenvalue weighted by atomic mass is 10.2. The molecular weight excluding hydrogens is 272 g/mol. The minimum absolute atomic E-state index is 0.430. The Balaban J connectivity index is 2.22. The van der Waals surface area contributed by atoms with Crippen molar-refractivity contribution in [3.63, 3.8) is 0 Å². The molecule has 20 heavy (non-hydrogen) atoms. The van der Waals surface area contributed by atoms with E-state index in [0.29, 0.717) is 22.6 Å². The van der Waals surface area contributed by atoms with Crippen molar-refractivity contribution in [2.45, 2.75) is 26.2 Å². The Labute approximate surface area is 124 Å². The number of quaternary nitrogens is 1. The van der Waals surface area contributed by atoms with Crippen LogP contribution in [0.1, 0.15) is 31.7 Å². The number of benzene rings is 1. The lowest BCUT2D eigenvalue weighted by molar-refractivity contribution is -0.839. The zero-order chi connectivity index (χ0) is 14.4. The van der Waals surface area contributed by atoms with Crippen molar-refractivity contribution in [1.82, 2.24) is 0 Å². The van der Waals surface area contributed by atoms with Gasteiger partial charge in [-0.1, -0.05) is 30.0 Å². The first-order valence-corrected chi connectivity index (χ1v) is 7.22. The van der Waals surface area contributed by atoms with Gasteiger partial charge in [0.25, 0.3) is 0 Å². The zero-order valence-corrected chi connectivity index (χ0v) is 12.3. The lowest BCUT2D eigenvalue weighted by Crippen LogP contribution is -2.41. The highest BCUT2D eigenvalue weighted by Crippen LogP contribution is 2.19. The van der Waals surface area contributed by atoms with Crippen LogP contribution >= 0.6 is 11.6 Å². The summed E-state index contributed by atoms with van der Waals surface area (Å²) in [7, 11) is 0. The fourth-order valence-corrected chi connectivity index (χ4v) is 2.26. The Bertz CT molecular complexity index is 556. The predicted molar refractivity (Wildman–Crippen MR) is 81.6 cm³/mol. The first kappa shape index (κ1) is 14.7. The Morgan fingerprint density at radius 2 is 2.00 bits per heavy atom. The third-order valence-corrected chi connectivity index (χ3v) is 3.55. The molecule has 1 aromatic carbocycles. The first-order chi connectivity index (χ1) is 9.69. The molecule has 0 aliphatic carbocycles. The van der Waals surface area contributed by atoms with E-state index < -0.39 is 0 Å². The van der Waals surface area contributed by atoms with Crippen LogP contribution in [-0.4, -0.2) is 29.9 Å². The smallest absolute Gasteiger partial charge is 0.198 e. The van der Waals surface area contributed by atoms with Crippen LogP contribution < -0.4 is 0 Å². The molecule has 5 heteroatoms. The monoisotopic (exact) mass is 289 g/mol. The van der Waals surface area contributed by atoms with E-state index in [1.807, 2.05) is 30.6 Å². The summed E-state index contributed by atoms with van der Waals surface area (Å²) in [5.74, 6) is 0.718. The van der Waals surface area contributed by atoms with E-state index in [-0.39, 0.29) is 0 Å². The molecular formula is C15H18ClN4+. The highest BCUT2D eigenvalue weighted by Gasteiger charge is 2.31. The molecule has 1 heterocycles. The molecule has 0 saturated carbocycles. The number of rotatable bonds is 6. The van der Waals surface area contributed by atoms with Crippen LogP contribution in [0.3, 0.4) is 0 Å². The molecule has 0 radical (unpaired) electrons. The normalized spacial score (nSPS) is 20.8. The second-order valence-corrected chi connectivity index (χ2v) is 5.31. The van der Waals surface area contributed by atoms with Gasteiger partial charge in [0.1, 0.15) is 13.1 Å². The number of hydrogen-bond acceptors (Lipinski definition) is 3. The Kier molecular flexibility index (Phi) is 4.89. The Hall–Kier alpha value is -1.70. The van der Waals surface area contributed by atoms with Gasteiger partial charge in [-0.25, -0.2) is 0 Å². The quantitative estimate of drug-likeness (QED) is 0.739. The molecule has 1 atom stereocenters. The number of amidine groups is 1. The van der Waals surface area contributed by atoms with Crippen LogP contribution in [0.4, 0.5) is 0 Å². The first-order valence-electron chi connectivity index (χ1n) is 6.84. The van der Waals surface area contributed by atoms with Crippen molar-refractivity contribution in [3.8, 4) is 6.07 Å². The molecule has 0 bridgehead atoms. The standard InChI is InChI=1S/C15H18ClN4/c1-2-3-10-20(11-4-9-17)12-18-15(19-20)13-5-7-14(16)8-6-13/h5-8,12H,2-4,10-11H2,1H3/q+1. The fourth-order valence-electron chi connectivity index (χ4n) is 2.14. The van der Waals surface area contributed by atoms with Crippen molar-refractivity contribution < 1.29 is 4.59 Å². The van der Waals surface area contributed by atoms with Gasteiger partial charge in [-0.3, -0.25) is 0 Å². The van der Waals surface area contributed by atoms with Crippen LogP contribution in [0, 0.1) is 11.3 Å². The molecule has 1 aromatic rings. The van der Waals surface area contributed by atoms with Gasteiger partial charge >= 0.3 is 0 Å². The van der Waals surface area contributed by atoms with Crippen molar-refractivity contribution in [2.75, 3.05) is 13.1 Å². The van der Waals surface area contributed by atoms with Gasteiger partial charge in [-0.15, -0.1) is 0 Å². The van der Waals surface area contributed by atoms with Crippen LogP contribution in [0.5, 0.6) is 0 Å². The molecule has 1 aliphatic heterocycles. The van der Waals surface area contributed by atoms with E-state index in [1.165, 1.54) is 0 Å². The molecule has 104 valence electrons. The fraction of sp³-hybridized carbons (Fsp3) is 0.400. The van der Waals surface area contributed by atoms with Crippen LogP contribution in [0.2, 0.25) is 5.02 Å². The van der Waals surface area contributed by atoms with Crippen LogP contribution in [0.25, 0.3) is 0 Å². The number of unbranched alkanes of at least 4 members (excludes halogenated alkanes) is 1. The van der Waals surface area contributed by atoms with Gasteiger partial charge in [0, 0.05) is 10.6 Å². The number of aliphatic imine (C=N–C) groups is 1. The highest BCUT2D eigenvalue weighted by atomic mass is 35.5. The van der Waals surface area contributed by atoms with Gasteiger partial charge in [0.2, 0.25) is 12.2 Å². The summed E-state index contributed by atoms with van der Waals surface area (Å²) in [6.45, 7) is 3.72. The Morgan fingerprint density at radius 1 is 1.25 bits per heavy atom. The molecule has 1 unspecified atom stereocenters. The number of halogens is 1. The van der Waals surface area contributed by atoms with E-state index in [9.17, 15) is 0 Å². The summed E-state index contributed by atoms with van der Waals surface area (Å²) in [4.78, 5) is 4.44. The summed E-state index contributed by atoms with van der Waals surface area (Å²) in [5.41, 5.74) is 0.958. The topological polar surface area (TPSA) is 48.5 Å². The zero-order valence-electron chi connectivity index (χ0n) is 11.6. The third kappa shape index (κ3) is 3.44. The van der Waals surface area contributed by atoms with Crippen LogP contribution in [-0.2, 0) is 0 Å². The average molecular weight is 290 g/mol. The van der Waals surface area contributed by atoms with Crippen molar-refractivity contribution in [2.24, 2.45) is 10.1 Å². The van der Waals surface area contributed by atoms with E-state index in [0.717, 1.165) is 30.8 Å². The maximum absolute atomic E-state index is 8.81. The summed E-state index contributed by atoms with van der Waals surface area (Å²) in [6, 6.07) is 9.71. The summed E-state index contributed by atoms with van der Waals surface area (Å²) < 4.78 is 0.430. The SMILES string of the molecule is CCCC[N+]1(CCC#N)C=NC(c2ccc(Cl)cc2)=N1. The summed E-state index contributed by atoms with van der Waals surface area (Å²) in [6.07, 6.45) is 4.51. The third-order valence-electron chi connectivity index (χ3n) is 3.30. The van der Waals surface area contributed by atoms with Crippen molar-refractivity contribution in [3.05, 3.63) is 34.9 Å². The minimum Gasteiger partial charge on any atom is -0.198 e. The van der Waals surface area contributed by atoms with Gasteiger partial charge in [0.05, 0.1) is 12.5 Å². The lowest BCUT2D eigenvalue weighted by Gasteiger charge is -2.23. The summed E-state index contributed by atoms with van der Waals surface area (Å²) in [5, 5.41) is 14.2. The minimum atomic E-state index is 0.430. The molecule has 0 amide bonds. The maximum atomic E-state index is 8.81. The number of hydrogen-bond donors (Lipinski definition) is 0. The summed E-state index contributed by atoms with van der Waals surface area (Å²) >= 11 is 5.89. The highest BCUT2D eigenvalue weighted by molar-refractivity contribution is 6.30. The van der Waals surface area contributed by atoms with E-state index >= 15 is 0 Å². The molecule has 0 fully saturated rings. The van der Waals surface area contributed by atoms with Crippen molar-refractivity contribution >= 4 is 23.8 Å².